The highest BCUT2D eigenvalue weighted by molar-refractivity contribution is 6.16. The Labute approximate surface area is 125 Å². The van der Waals surface area contributed by atoms with Gasteiger partial charge in [0.15, 0.2) is 0 Å². The van der Waals surface area contributed by atoms with Gasteiger partial charge in [0.1, 0.15) is 0 Å². The van der Waals surface area contributed by atoms with Crippen LogP contribution >= 0.6 is 0 Å². The fraction of sp³-hybridized carbons (Fsp3) is 0.188. The van der Waals surface area contributed by atoms with Crippen molar-refractivity contribution in [3.63, 3.8) is 0 Å². The number of benzene rings is 2. The van der Waals surface area contributed by atoms with Crippen molar-refractivity contribution >= 4 is 28.7 Å². The zero-order valence-electron chi connectivity index (χ0n) is 12.2. The second-order valence-electron chi connectivity index (χ2n) is 5.10. The minimum Gasteiger partial charge on any atom is -0.478 e. The molecule has 0 aromatic heterocycles. The molecule has 0 unspecified atom stereocenters. The number of carboxylic acid groups (broad SMARTS) is 3. The lowest BCUT2D eigenvalue weighted by Gasteiger charge is -2.17. The van der Waals surface area contributed by atoms with E-state index in [1.165, 1.54) is 26.0 Å². The number of hydrogen-bond acceptors (Lipinski definition) is 3. The highest BCUT2D eigenvalue weighted by Crippen LogP contribution is 2.34. The number of aryl methyl sites for hydroxylation is 2. The number of hydrogen-bond donors (Lipinski definition) is 3. The Bertz CT molecular complexity index is 848. The van der Waals surface area contributed by atoms with Crippen LogP contribution in [0.2, 0.25) is 0 Å². The summed E-state index contributed by atoms with van der Waals surface area (Å²) in [4.78, 5) is 34.6. The third-order valence-electron chi connectivity index (χ3n) is 3.82. The summed E-state index contributed by atoms with van der Waals surface area (Å²) in [6, 6.07) is 3.05. The molecule has 0 spiro atoms. The fourth-order valence-corrected chi connectivity index (χ4v) is 2.91. The maximum Gasteiger partial charge on any atom is 0.336 e. The molecule has 2 rings (SSSR count). The van der Waals surface area contributed by atoms with Gasteiger partial charge in [0.05, 0.1) is 16.7 Å². The van der Waals surface area contributed by atoms with Crippen LogP contribution in [0.15, 0.2) is 12.1 Å². The molecular formula is C16H14O6. The molecule has 0 fully saturated rings. The number of aromatic carboxylic acids is 3. The summed E-state index contributed by atoms with van der Waals surface area (Å²) in [5.74, 6) is -3.79. The van der Waals surface area contributed by atoms with E-state index < -0.39 is 17.9 Å². The Morgan fingerprint density at radius 1 is 0.727 bits per heavy atom. The first-order valence-electron chi connectivity index (χ1n) is 6.44. The van der Waals surface area contributed by atoms with E-state index in [9.17, 15) is 29.7 Å². The Balaban J connectivity index is 3.22. The minimum atomic E-state index is -1.29. The predicted octanol–water partition coefficient (Wildman–Crippen LogP) is 2.86. The first kappa shape index (κ1) is 15.5. The summed E-state index contributed by atoms with van der Waals surface area (Å²) in [5, 5.41) is 28.6. The normalized spacial score (nSPS) is 10.7. The quantitative estimate of drug-likeness (QED) is 0.803. The molecular weight excluding hydrogens is 288 g/mol. The van der Waals surface area contributed by atoms with Crippen molar-refractivity contribution in [3.8, 4) is 0 Å². The van der Waals surface area contributed by atoms with E-state index in [1.54, 1.807) is 6.92 Å². The van der Waals surface area contributed by atoms with Crippen molar-refractivity contribution in [2.75, 3.05) is 0 Å². The maximum absolute atomic E-state index is 11.5. The average Bonchev–Trinajstić information content (AvgIpc) is 2.38. The topological polar surface area (TPSA) is 112 Å². The number of fused-ring (bicyclic) bond motifs is 1. The van der Waals surface area contributed by atoms with E-state index in [4.69, 9.17) is 0 Å². The van der Waals surface area contributed by atoms with Crippen molar-refractivity contribution < 1.29 is 29.7 Å². The van der Waals surface area contributed by atoms with Crippen LogP contribution in [0.1, 0.15) is 47.8 Å². The van der Waals surface area contributed by atoms with Crippen molar-refractivity contribution in [2.24, 2.45) is 0 Å². The summed E-state index contributed by atoms with van der Waals surface area (Å²) >= 11 is 0. The summed E-state index contributed by atoms with van der Waals surface area (Å²) in [6.07, 6.45) is 0. The minimum absolute atomic E-state index is 0.0694. The third-order valence-corrected chi connectivity index (χ3v) is 3.82. The van der Waals surface area contributed by atoms with E-state index in [2.05, 4.69) is 0 Å². The van der Waals surface area contributed by atoms with Crippen LogP contribution in [0.25, 0.3) is 10.8 Å². The molecule has 0 bridgehead atoms. The zero-order valence-corrected chi connectivity index (χ0v) is 12.2. The van der Waals surface area contributed by atoms with Crippen LogP contribution in [-0.2, 0) is 0 Å². The molecule has 3 N–H and O–H groups in total. The van der Waals surface area contributed by atoms with Gasteiger partial charge in [-0.25, -0.2) is 14.4 Å². The summed E-state index contributed by atoms with van der Waals surface area (Å²) < 4.78 is 0. The predicted molar refractivity (Wildman–Crippen MR) is 79.0 cm³/mol. The van der Waals surface area contributed by atoms with Crippen LogP contribution in [0.4, 0.5) is 0 Å². The van der Waals surface area contributed by atoms with Gasteiger partial charge in [0.25, 0.3) is 0 Å². The van der Waals surface area contributed by atoms with Crippen molar-refractivity contribution in [1.82, 2.24) is 0 Å². The lowest BCUT2D eigenvalue weighted by Crippen LogP contribution is -2.13. The van der Waals surface area contributed by atoms with Crippen LogP contribution in [0.3, 0.4) is 0 Å². The number of carboxylic acids is 3. The summed E-state index contributed by atoms with van der Waals surface area (Å²) in [6.45, 7) is 4.50. The van der Waals surface area contributed by atoms with Crippen molar-refractivity contribution in [3.05, 3.63) is 45.5 Å². The first-order valence-corrected chi connectivity index (χ1v) is 6.44. The second kappa shape index (κ2) is 5.14. The van der Waals surface area contributed by atoms with Crippen LogP contribution < -0.4 is 0 Å². The van der Waals surface area contributed by atoms with Gasteiger partial charge < -0.3 is 15.3 Å². The zero-order chi connectivity index (χ0) is 16.8. The molecule has 0 saturated heterocycles. The fourth-order valence-electron chi connectivity index (χ4n) is 2.91. The highest BCUT2D eigenvalue weighted by atomic mass is 16.4. The summed E-state index contributed by atoms with van der Waals surface area (Å²) in [5.41, 5.74) is 0.398. The van der Waals surface area contributed by atoms with Crippen molar-refractivity contribution in [2.45, 2.75) is 20.8 Å². The second-order valence-corrected chi connectivity index (χ2v) is 5.10. The molecule has 0 aliphatic rings. The summed E-state index contributed by atoms with van der Waals surface area (Å²) in [7, 11) is 0. The molecule has 114 valence electrons. The van der Waals surface area contributed by atoms with Gasteiger partial charge in [-0.3, -0.25) is 0 Å². The Morgan fingerprint density at radius 3 is 1.68 bits per heavy atom. The van der Waals surface area contributed by atoms with E-state index in [-0.39, 0.29) is 38.6 Å². The molecule has 0 heterocycles. The molecule has 0 radical (unpaired) electrons. The molecule has 0 aliphatic heterocycles. The molecule has 0 amide bonds. The first-order chi connectivity index (χ1) is 10.2. The maximum atomic E-state index is 11.5. The van der Waals surface area contributed by atoms with Gasteiger partial charge in [-0.1, -0.05) is 12.1 Å². The number of carbonyl (C=O) groups is 3. The molecule has 22 heavy (non-hydrogen) atoms. The van der Waals surface area contributed by atoms with Crippen LogP contribution in [-0.4, -0.2) is 33.2 Å². The van der Waals surface area contributed by atoms with Gasteiger partial charge in [-0.05, 0) is 42.8 Å². The average molecular weight is 302 g/mol. The smallest absolute Gasteiger partial charge is 0.336 e. The molecule has 0 saturated carbocycles. The van der Waals surface area contributed by atoms with Gasteiger partial charge in [0, 0.05) is 5.39 Å². The van der Waals surface area contributed by atoms with Gasteiger partial charge in [-0.2, -0.15) is 0 Å². The Hall–Kier alpha value is -2.89. The molecule has 2 aromatic rings. The third kappa shape index (κ3) is 2.09. The van der Waals surface area contributed by atoms with E-state index in [0.717, 1.165) is 0 Å². The lowest BCUT2D eigenvalue weighted by atomic mass is 9.86. The SMILES string of the molecule is Cc1ccc2c(C(=O)O)c(C)c(C(=O)O)c(C)c2c1C(=O)O. The monoisotopic (exact) mass is 302 g/mol. The molecule has 6 heteroatoms. The van der Waals surface area contributed by atoms with Gasteiger partial charge in [-0.15, -0.1) is 0 Å². The molecule has 2 aromatic carbocycles. The lowest BCUT2D eigenvalue weighted by molar-refractivity contribution is 0.0679. The Kier molecular flexibility index (Phi) is 3.62. The van der Waals surface area contributed by atoms with E-state index >= 15 is 0 Å². The number of rotatable bonds is 3. The van der Waals surface area contributed by atoms with E-state index in [1.807, 2.05) is 0 Å². The molecule has 0 aliphatic carbocycles. The van der Waals surface area contributed by atoms with Gasteiger partial charge in [0.2, 0.25) is 0 Å². The standard InChI is InChI=1S/C16H14O6/c1-6-4-5-9-12(10(6)14(17)18)7(2)11(15(19)20)8(3)13(9)16(21)22/h4-5H,1-3H3,(H,17,18)(H,19,20)(H,21,22). The van der Waals surface area contributed by atoms with Crippen molar-refractivity contribution in [1.29, 1.82) is 0 Å². The molecule has 0 atom stereocenters. The highest BCUT2D eigenvalue weighted by Gasteiger charge is 2.26. The van der Waals surface area contributed by atoms with E-state index in [0.29, 0.717) is 5.56 Å². The Morgan fingerprint density at radius 2 is 1.23 bits per heavy atom. The van der Waals surface area contributed by atoms with Gasteiger partial charge >= 0.3 is 17.9 Å². The molecule has 6 nitrogen and oxygen atoms in total. The van der Waals surface area contributed by atoms with Crippen LogP contribution in [0.5, 0.6) is 0 Å². The van der Waals surface area contributed by atoms with Crippen LogP contribution in [0, 0.1) is 20.8 Å². The largest absolute Gasteiger partial charge is 0.478 e.